The highest BCUT2D eigenvalue weighted by Crippen LogP contribution is 2.35. The SMILES string of the molecule is COc1ccc(C(c2ccc3nccc(/C=C/c4ccccc4)c3c2)c2nccs2)cc1. The van der Waals surface area contributed by atoms with Crippen LogP contribution >= 0.6 is 11.3 Å². The Morgan fingerprint density at radius 1 is 0.812 bits per heavy atom. The fraction of sp³-hybridized carbons (Fsp3) is 0.0714. The number of fused-ring (bicyclic) bond motifs is 1. The number of thiazole rings is 1. The Morgan fingerprint density at radius 3 is 2.38 bits per heavy atom. The van der Waals surface area contributed by atoms with E-state index in [1.165, 1.54) is 16.7 Å². The Balaban J connectivity index is 1.60. The lowest BCUT2D eigenvalue weighted by Gasteiger charge is -2.17. The van der Waals surface area contributed by atoms with Gasteiger partial charge in [0.25, 0.3) is 0 Å². The number of hydrogen-bond donors (Lipinski definition) is 0. The van der Waals surface area contributed by atoms with Crippen molar-refractivity contribution in [2.24, 2.45) is 0 Å². The minimum Gasteiger partial charge on any atom is -0.497 e. The summed E-state index contributed by atoms with van der Waals surface area (Å²) in [7, 11) is 1.69. The molecule has 0 bridgehead atoms. The molecule has 5 rings (SSSR count). The first kappa shape index (κ1) is 20.2. The van der Waals surface area contributed by atoms with E-state index in [4.69, 9.17) is 4.74 Å². The first-order valence-electron chi connectivity index (χ1n) is 10.5. The molecule has 2 heterocycles. The molecule has 1 unspecified atom stereocenters. The molecule has 0 aliphatic rings. The van der Waals surface area contributed by atoms with E-state index >= 15 is 0 Å². The van der Waals surface area contributed by atoms with Crippen molar-refractivity contribution < 1.29 is 4.74 Å². The standard InChI is InChI=1S/C28H22N2OS/c1-31-24-12-9-22(10-13-24)27(28-30-17-18-32-28)23-11-14-26-25(19-23)21(15-16-29-26)8-7-20-5-3-2-4-6-20/h2-19,27H,1H3/b8-7+. The zero-order valence-electron chi connectivity index (χ0n) is 17.7. The highest BCUT2D eigenvalue weighted by Gasteiger charge is 2.20. The largest absolute Gasteiger partial charge is 0.497 e. The molecule has 2 aromatic heterocycles. The van der Waals surface area contributed by atoms with Crippen molar-refractivity contribution in [3.63, 3.8) is 0 Å². The molecular formula is C28H22N2OS. The molecule has 156 valence electrons. The maximum absolute atomic E-state index is 5.35. The fourth-order valence-corrected chi connectivity index (χ4v) is 4.70. The van der Waals surface area contributed by atoms with Crippen LogP contribution in [0.2, 0.25) is 0 Å². The average Bonchev–Trinajstić information content (AvgIpc) is 3.38. The van der Waals surface area contributed by atoms with Crippen molar-refractivity contribution in [3.8, 4) is 5.75 Å². The molecule has 0 spiro atoms. The average molecular weight is 435 g/mol. The molecule has 0 amide bonds. The summed E-state index contributed by atoms with van der Waals surface area (Å²) >= 11 is 1.68. The third kappa shape index (κ3) is 4.18. The minimum absolute atomic E-state index is 0.0523. The van der Waals surface area contributed by atoms with Gasteiger partial charge in [-0.3, -0.25) is 4.98 Å². The van der Waals surface area contributed by atoms with Gasteiger partial charge < -0.3 is 4.74 Å². The number of benzene rings is 3. The number of methoxy groups -OCH3 is 1. The molecule has 0 radical (unpaired) electrons. The van der Waals surface area contributed by atoms with E-state index in [2.05, 4.69) is 82.8 Å². The second-order valence-corrected chi connectivity index (χ2v) is 8.42. The zero-order valence-corrected chi connectivity index (χ0v) is 18.5. The Kier molecular flexibility index (Phi) is 5.77. The molecule has 0 fully saturated rings. The molecule has 5 aromatic rings. The molecular weight excluding hydrogens is 412 g/mol. The Bertz CT molecular complexity index is 1340. The molecule has 3 aromatic carbocycles. The van der Waals surface area contributed by atoms with E-state index in [1.807, 2.05) is 36.0 Å². The number of pyridine rings is 1. The van der Waals surface area contributed by atoms with Crippen LogP contribution in [0.3, 0.4) is 0 Å². The van der Waals surface area contributed by atoms with Crippen molar-refractivity contribution in [1.82, 2.24) is 9.97 Å². The van der Waals surface area contributed by atoms with Crippen LogP contribution in [0.5, 0.6) is 5.75 Å². The summed E-state index contributed by atoms with van der Waals surface area (Å²) in [5, 5.41) is 4.23. The minimum atomic E-state index is 0.0523. The van der Waals surface area contributed by atoms with Crippen molar-refractivity contribution in [1.29, 1.82) is 0 Å². The van der Waals surface area contributed by atoms with Gasteiger partial charge in [0.15, 0.2) is 0 Å². The highest BCUT2D eigenvalue weighted by atomic mass is 32.1. The Hall–Kier alpha value is -3.76. The molecule has 0 aliphatic carbocycles. The maximum Gasteiger partial charge on any atom is 0.118 e. The topological polar surface area (TPSA) is 35.0 Å². The van der Waals surface area contributed by atoms with E-state index in [0.29, 0.717) is 0 Å². The molecule has 0 aliphatic heterocycles. The summed E-state index contributed by atoms with van der Waals surface area (Å²) in [5.74, 6) is 0.902. The van der Waals surface area contributed by atoms with E-state index in [0.717, 1.165) is 27.2 Å². The monoisotopic (exact) mass is 434 g/mol. The van der Waals surface area contributed by atoms with Gasteiger partial charge in [0.2, 0.25) is 0 Å². The van der Waals surface area contributed by atoms with Crippen LogP contribution in [0, 0.1) is 0 Å². The predicted molar refractivity (Wildman–Crippen MR) is 133 cm³/mol. The maximum atomic E-state index is 5.35. The molecule has 0 saturated heterocycles. The lowest BCUT2D eigenvalue weighted by Crippen LogP contribution is -2.03. The second kappa shape index (κ2) is 9.16. The first-order chi connectivity index (χ1) is 15.8. The summed E-state index contributed by atoms with van der Waals surface area (Å²) in [6.07, 6.45) is 8.04. The van der Waals surface area contributed by atoms with Gasteiger partial charge in [-0.1, -0.05) is 60.7 Å². The van der Waals surface area contributed by atoms with Gasteiger partial charge >= 0.3 is 0 Å². The van der Waals surface area contributed by atoms with Gasteiger partial charge in [-0.2, -0.15) is 0 Å². The summed E-state index contributed by atoms with van der Waals surface area (Å²) < 4.78 is 5.35. The van der Waals surface area contributed by atoms with Crippen LogP contribution in [0.1, 0.15) is 33.2 Å². The van der Waals surface area contributed by atoms with Crippen LogP contribution in [0.25, 0.3) is 23.1 Å². The molecule has 0 N–H and O–H groups in total. The third-order valence-electron chi connectivity index (χ3n) is 5.54. The van der Waals surface area contributed by atoms with Gasteiger partial charge in [-0.05, 0) is 52.6 Å². The number of ether oxygens (including phenoxy) is 1. The van der Waals surface area contributed by atoms with Gasteiger partial charge in [0.05, 0.1) is 18.5 Å². The zero-order chi connectivity index (χ0) is 21.8. The Labute approximate surface area is 191 Å². The van der Waals surface area contributed by atoms with Gasteiger partial charge in [0.1, 0.15) is 10.8 Å². The van der Waals surface area contributed by atoms with E-state index in [1.54, 1.807) is 18.4 Å². The molecule has 4 heteroatoms. The number of nitrogens with zero attached hydrogens (tertiary/aromatic N) is 2. The lowest BCUT2D eigenvalue weighted by molar-refractivity contribution is 0.414. The third-order valence-corrected chi connectivity index (χ3v) is 6.38. The smallest absolute Gasteiger partial charge is 0.118 e. The van der Waals surface area contributed by atoms with Crippen molar-refractivity contribution >= 4 is 34.4 Å². The molecule has 1 atom stereocenters. The van der Waals surface area contributed by atoms with E-state index < -0.39 is 0 Å². The van der Waals surface area contributed by atoms with Crippen molar-refractivity contribution in [3.05, 3.63) is 124 Å². The lowest BCUT2D eigenvalue weighted by atomic mass is 9.90. The second-order valence-electron chi connectivity index (χ2n) is 7.50. The van der Waals surface area contributed by atoms with Crippen LogP contribution < -0.4 is 4.74 Å². The van der Waals surface area contributed by atoms with Gasteiger partial charge in [0, 0.05) is 23.2 Å². The molecule has 32 heavy (non-hydrogen) atoms. The van der Waals surface area contributed by atoms with Crippen molar-refractivity contribution in [2.75, 3.05) is 7.11 Å². The normalized spacial score (nSPS) is 12.3. The number of aromatic nitrogens is 2. The van der Waals surface area contributed by atoms with Crippen LogP contribution in [0.15, 0.2) is 96.6 Å². The summed E-state index contributed by atoms with van der Waals surface area (Å²) in [4.78, 5) is 9.24. The van der Waals surface area contributed by atoms with Crippen molar-refractivity contribution in [2.45, 2.75) is 5.92 Å². The quantitative estimate of drug-likeness (QED) is 0.287. The predicted octanol–water partition coefficient (Wildman–Crippen LogP) is 7.05. The summed E-state index contributed by atoms with van der Waals surface area (Å²) in [6.45, 7) is 0. The summed E-state index contributed by atoms with van der Waals surface area (Å²) in [6, 6.07) is 27.2. The van der Waals surface area contributed by atoms with E-state index in [-0.39, 0.29) is 5.92 Å². The first-order valence-corrected chi connectivity index (χ1v) is 11.3. The van der Waals surface area contributed by atoms with Gasteiger partial charge in [-0.25, -0.2) is 4.98 Å². The van der Waals surface area contributed by atoms with Crippen LogP contribution in [-0.4, -0.2) is 17.1 Å². The number of rotatable bonds is 6. The summed E-state index contributed by atoms with van der Waals surface area (Å²) in [5.41, 5.74) is 5.68. The Morgan fingerprint density at radius 2 is 1.62 bits per heavy atom. The van der Waals surface area contributed by atoms with Crippen LogP contribution in [0.4, 0.5) is 0 Å². The van der Waals surface area contributed by atoms with Gasteiger partial charge in [-0.15, -0.1) is 11.3 Å². The van der Waals surface area contributed by atoms with Crippen LogP contribution in [-0.2, 0) is 0 Å². The highest BCUT2D eigenvalue weighted by molar-refractivity contribution is 7.09. The molecule has 3 nitrogen and oxygen atoms in total. The van der Waals surface area contributed by atoms with E-state index in [9.17, 15) is 0 Å². The fourth-order valence-electron chi connectivity index (χ4n) is 3.91. The molecule has 0 saturated carbocycles. The number of hydrogen-bond acceptors (Lipinski definition) is 4.